The summed E-state index contributed by atoms with van der Waals surface area (Å²) >= 11 is 0. The van der Waals surface area contributed by atoms with Gasteiger partial charge in [-0.15, -0.1) is 0 Å². The van der Waals surface area contributed by atoms with Crippen molar-refractivity contribution in [1.82, 2.24) is 10.6 Å². The van der Waals surface area contributed by atoms with Crippen molar-refractivity contribution in [2.75, 3.05) is 13.7 Å². The standard InChI is InChI=1S/C13H17N3O2/c1-3-8-18-10-6-4-9(5-7-10)11-12(17)16-13(14-2)15-11/h4-7,11H,3,8H2,1-2H3,(H2,14,15,16,17). The van der Waals surface area contributed by atoms with Gasteiger partial charge in [0.15, 0.2) is 5.96 Å². The number of nitrogens with one attached hydrogen (secondary N) is 2. The molecule has 18 heavy (non-hydrogen) atoms. The van der Waals surface area contributed by atoms with E-state index in [-0.39, 0.29) is 11.9 Å². The molecule has 1 aromatic carbocycles. The summed E-state index contributed by atoms with van der Waals surface area (Å²) in [6, 6.07) is 7.16. The molecular weight excluding hydrogens is 230 g/mol. The Bertz CT molecular complexity index is 454. The van der Waals surface area contributed by atoms with Crippen molar-refractivity contribution >= 4 is 11.9 Å². The minimum Gasteiger partial charge on any atom is -0.494 e. The van der Waals surface area contributed by atoms with Gasteiger partial charge in [0.2, 0.25) is 0 Å². The van der Waals surface area contributed by atoms with Gasteiger partial charge in [-0.05, 0) is 24.1 Å². The van der Waals surface area contributed by atoms with Crippen LogP contribution >= 0.6 is 0 Å². The normalized spacial score (nSPS) is 20.7. The van der Waals surface area contributed by atoms with Crippen LogP contribution in [0, 0.1) is 0 Å². The molecule has 1 aliphatic heterocycles. The molecular formula is C13H17N3O2. The summed E-state index contributed by atoms with van der Waals surface area (Å²) < 4.78 is 5.50. The van der Waals surface area contributed by atoms with E-state index in [0.29, 0.717) is 12.6 Å². The molecule has 1 fully saturated rings. The second-order valence-electron chi connectivity index (χ2n) is 4.06. The minimum absolute atomic E-state index is 0.0853. The number of carbonyl (C=O) groups is 1. The monoisotopic (exact) mass is 247 g/mol. The molecule has 1 atom stereocenters. The number of rotatable bonds is 4. The van der Waals surface area contributed by atoms with E-state index >= 15 is 0 Å². The summed E-state index contributed by atoms with van der Waals surface area (Å²) in [4.78, 5) is 15.6. The molecule has 1 heterocycles. The van der Waals surface area contributed by atoms with Crippen molar-refractivity contribution in [3.05, 3.63) is 29.8 Å². The molecule has 1 aliphatic rings. The van der Waals surface area contributed by atoms with Crippen LogP contribution in [0.25, 0.3) is 0 Å². The average Bonchev–Trinajstić information content (AvgIpc) is 2.78. The number of hydrogen-bond donors (Lipinski definition) is 2. The molecule has 0 spiro atoms. The lowest BCUT2D eigenvalue weighted by atomic mass is 10.1. The first-order valence-electron chi connectivity index (χ1n) is 6.01. The lowest BCUT2D eigenvalue weighted by molar-refractivity contribution is -0.120. The Balaban J connectivity index is 2.08. The van der Waals surface area contributed by atoms with Gasteiger partial charge in [0.1, 0.15) is 11.8 Å². The summed E-state index contributed by atoms with van der Waals surface area (Å²) in [5, 5.41) is 5.69. The lowest BCUT2D eigenvalue weighted by Gasteiger charge is -2.09. The average molecular weight is 247 g/mol. The minimum atomic E-state index is -0.371. The zero-order valence-electron chi connectivity index (χ0n) is 10.6. The second kappa shape index (κ2) is 5.53. The predicted octanol–water partition coefficient (Wildman–Crippen LogP) is 1.22. The number of carbonyl (C=O) groups excluding carboxylic acids is 1. The van der Waals surface area contributed by atoms with Crippen LogP contribution in [0.1, 0.15) is 24.9 Å². The first kappa shape index (κ1) is 12.4. The molecule has 1 unspecified atom stereocenters. The number of hydrogen-bond acceptors (Lipinski definition) is 3. The van der Waals surface area contributed by atoms with Gasteiger partial charge in [-0.3, -0.25) is 15.1 Å². The molecule has 0 radical (unpaired) electrons. The molecule has 0 aromatic heterocycles. The van der Waals surface area contributed by atoms with Gasteiger partial charge in [-0.1, -0.05) is 19.1 Å². The van der Waals surface area contributed by atoms with Crippen LogP contribution in [0.15, 0.2) is 29.3 Å². The summed E-state index contributed by atoms with van der Waals surface area (Å²) in [7, 11) is 1.63. The van der Waals surface area contributed by atoms with Gasteiger partial charge in [-0.25, -0.2) is 0 Å². The molecule has 1 amide bonds. The van der Waals surface area contributed by atoms with Gasteiger partial charge in [0, 0.05) is 7.05 Å². The van der Waals surface area contributed by atoms with Crippen LogP contribution < -0.4 is 15.4 Å². The highest BCUT2D eigenvalue weighted by Crippen LogP contribution is 2.20. The molecule has 5 heteroatoms. The van der Waals surface area contributed by atoms with Gasteiger partial charge < -0.3 is 10.1 Å². The van der Waals surface area contributed by atoms with Crippen LogP contribution in [0.5, 0.6) is 5.75 Å². The highest BCUT2D eigenvalue weighted by atomic mass is 16.5. The fourth-order valence-electron chi connectivity index (χ4n) is 1.76. The molecule has 5 nitrogen and oxygen atoms in total. The van der Waals surface area contributed by atoms with E-state index in [9.17, 15) is 4.79 Å². The maximum Gasteiger partial charge on any atom is 0.253 e. The Morgan fingerprint density at radius 1 is 1.33 bits per heavy atom. The third-order valence-corrected chi connectivity index (χ3v) is 2.69. The molecule has 0 saturated carbocycles. The zero-order chi connectivity index (χ0) is 13.0. The Morgan fingerprint density at radius 2 is 2.06 bits per heavy atom. The van der Waals surface area contributed by atoms with Crippen LogP contribution in [-0.2, 0) is 4.79 Å². The largest absolute Gasteiger partial charge is 0.494 e. The number of aliphatic imine (C=N–C) groups is 1. The quantitative estimate of drug-likeness (QED) is 0.841. The maximum atomic E-state index is 11.7. The summed E-state index contributed by atoms with van der Waals surface area (Å²) in [5.74, 6) is 1.25. The summed E-state index contributed by atoms with van der Waals surface area (Å²) in [6.45, 7) is 2.76. The van der Waals surface area contributed by atoms with Gasteiger partial charge in [0.05, 0.1) is 6.61 Å². The van der Waals surface area contributed by atoms with E-state index in [1.54, 1.807) is 7.05 Å². The Labute approximate surface area is 106 Å². The van der Waals surface area contributed by atoms with Crippen molar-refractivity contribution in [2.24, 2.45) is 4.99 Å². The van der Waals surface area contributed by atoms with Crippen molar-refractivity contribution in [3.63, 3.8) is 0 Å². The molecule has 1 saturated heterocycles. The predicted molar refractivity (Wildman–Crippen MR) is 69.6 cm³/mol. The third kappa shape index (κ3) is 2.61. The van der Waals surface area contributed by atoms with Crippen molar-refractivity contribution in [1.29, 1.82) is 0 Å². The van der Waals surface area contributed by atoms with Crippen LogP contribution in [-0.4, -0.2) is 25.5 Å². The molecule has 1 aromatic rings. The Hall–Kier alpha value is -2.04. The smallest absolute Gasteiger partial charge is 0.253 e. The molecule has 0 bridgehead atoms. The number of nitrogens with zero attached hydrogens (tertiary/aromatic N) is 1. The first-order chi connectivity index (χ1) is 8.74. The Morgan fingerprint density at radius 3 is 2.61 bits per heavy atom. The summed E-state index contributed by atoms with van der Waals surface area (Å²) in [6.07, 6.45) is 0.977. The number of guanidine groups is 1. The summed E-state index contributed by atoms with van der Waals surface area (Å²) in [5.41, 5.74) is 0.898. The van der Waals surface area contributed by atoms with Crippen molar-refractivity contribution < 1.29 is 9.53 Å². The molecule has 2 N–H and O–H groups in total. The van der Waals surface area contributed by atoms with E-state index in [4.69, 9.17) is 4.74 Å². The highest BCUT2D eigenvalue weighted by Gasteiger charge is 2.29. The third-order valence-electron chi connectivity index (χ3n) is 2.69. The highest BCUT2D eigenvalue weighted by molar-refractivity contribution is 6.06. The lowest BCUT2D eigenvalue weighted by Crippen LogP contribution is -2.24. The van der Waals surface area contributed by atoms with Gasteiger partial charge in [-0.2, -0.15) is 0 Å². The topological polar surface area (TPSA) is 62.7 Å². The van der Waals surface area contributed by atoms with E-state index in [1.165, 1.54) is 0 Å². The number of benzene rings is 1. The Kier molecular flexibility index (Phi) is 3.82. The van der Waals surface area contributed by atoms with Crippen molar-refractivity contribution in [2.45, 2.75) is 19.4 Å². The van der Waals surface area contributed by atoms with Gasteiger partial charge in [0.25, 0.3) is 5.91 Å². The maximum absolute atomic E-state index is 11.7. The van der Waals surface area contributed by atoms with E-state index in [0.717, 1.165) is 17.7 Å². The van der Waals surface area contributed by atoms with E-state index in [2.05, 4.69) is 22.5 Å². The zero-order valence-corrected chi connectivity index (χ0v) is 10.6. The molecule has 2 rings (SSSR count). The SMILES string of the molecule is CCCOc1ccc(C2NC(=NC)NC2=O)cc1. The van der Waals surface area contributed by atoms with Gasteiger partial charge >= 0.3 is 0 Å². The van der Waals surface area contributed by atoms with Crippen LogP contribution in [0.4, 0.5) is 0 Å². The molecule has 96 valence electrons. The first-order valence-corrected chi connectivity index (χ1v) is 6.01. The number of amides is 1. The second-order valence-corrected chi connectivity index (χ2v) is 4.06. The number of ether oxygens (including phenoxy) is 1. The fraction of sp³-hybridized carbons (Fsp3) is 0.385. The van der Waals surface area contributed by atoms with E-state index in [1.807, 2.05) is 24.3 Å². The molecule has 0 aliphatic carbocycles. The fourth-order valence-corrected chi connectivity index (χ4v) is 1.76. The van der Waals surface area contributed by atoms with Crippen molar-refractivity contribution in [3.8, 4) is 5.75 Å². The van der Waals surface area contributed by atoms with Crippen LogP contribution in [0.3, 0.4) is 0 Å². The van der Waals surface area contributed by atoms with E-state index < -0.39 is 0 Å². The van der Waals surface area contributed by atoms with Crippen LogP contribution in [0.2, 0.25) is 0 Å².